The van der Waals surface area contributed by atoms with Crippen LogP contribution in [0.4, 0.5) is 0 Å². The second-order valence-corrected chi connectivity index (χ2v) is 6.32. The van der Waals surface area contributed by atoms with Gasteiger partial charge in [-0.15, -0.1) is 0 Å². The molecule has 2 rings (SSSR count). The molecule has 1 aromatic rings. The number of halogens is 1. The Balaban J connectivity index is 2.00. The highest BCUT2D eigenvalue weighted by molar-refractivity contribution is 6.32. The summed E-state index contributed by atoms with van der Waals surface area (Å²) in [4.78, 5) is 25.9. The monoisotopic (exact) mass is 381 g/mol. The number of amides is 1. The van der Waals surface area contributed by atoms with Gasteiger partial charge in [-0.2, -0.15) is 0 Å². The zero-order valence-corrected chi connectivity index (χ0v) is 16.0. The normalized spacial score (nSPS) is 15.2. The Labute approximate surface area is 158 Å². The quantitative estimate of drug-likeness (QED) is 0.535. The third kappa shape index (κ3) is 5.14. The van der Waals surface area contributed by atoms with Gasteiger partial charge in [-0.3, -0.25) is 4.79 Å². The fourth-order valence-corrected chi connectivity index (χ4v) is 3.02. The van der Waals surface area contributed by atoms with E-state index in [0.717, 1.165) is 25.9 Å². The maximum atomic E-state index is 12.2. The molecule has 0 spiro atoms. The van der Waals surface area contributed by atoms with Crippen LogP contribution in [0.3, 0.4) is 0 Å². The van der Waals surface area contributed by atoms with E-state index in [1.54, 1.807) is 30.0 Å². The Kier molecular flexibility index (Phi) is 7.33. The molecule has 0 saturated carbocycles. The molecule has 7 heteroatoms. The third-order valence-electron chi connectivity index (χ3n) is 4.01. The standard InChI is InChI=1S/C19H24ClNO5/c1-4-25-18-15(20)11-14(12-16(18)24-3)7-8-17(22)26-13(2)19(23)21-9-5-6-10-21/h7-8,11-13H,4-6,9-10H2,1-3H3/b8-7+/t13-/m0/s1. The SMILES string of the molecule is CCOc1c(Cl)cc(/C=C/C(=O)O[C@@H](C)C(=O)N2CCCC2)cc1OC. The molecule has 0 bridgehead atoms. The molecule has 1 aromatic carbocycles. The van der Waals surface area contributed by atoms with Crippen molar-refractivity contribution in [2.24, 2.45) is 0 Å². The van der Waals surface area contributed by atoms with Crippen LogP contribution in [-0.4, -0.2) is 49.7 Å². The number of nitrogens with zero attached hydrogens (tertiary/aromatic N) is 1. The average molecular weight is 382 g/mol. The van der Waals surface area contributed by atoms with Crippen LogP contribution >= 0.6 is 11.6 Å². The molecule has 1 fully saturated rings. The smallest absolute Gasteiger partial charge is 0.331 e. The van der Waals surface area contributed by atoms with E-state index in [1.165, 1.54) is 13.2 Å². The van der Waals surface area contributed by atoms with E-state index in [4.69, 9.17) is 25.8 Å². The van der Waals surface area contributed by atoms with Gasteiger partial charge in [0.05, 0.1) is 18.7 Å². The lowest BCUT2D eigenvalue weighted by atomic mass is 10.2. The number of ether oxygens (including phenoxy) is 3. The number of hydrogen-bond donors (Lipinski definition) is 0. The number of esters is 1. The van der Waals surface area contributed by atoms with Gasteiger partial charge in [0.25, 0.3) is 5.91 Å². The highest BCUT2D eigenvalue weighted by atomic mass is 35.5. The van der Waals surface area contributed by atoms with Crippen molar-refractivity contribution in [3.63, 3.8) is 0 Å². The Morgan fingerprint density at radius 1 is 1.31 bits per heavy atom. The number of benzene rings is 1. The minimum Gasteiger partial charge on any atom is -0.493 e. The lowest BCUT2D eigenvalue weighted by Crippen LogP contribution is -2.37. The molecular formula is C19H24ClNO5. The minimum atomic E-state index is -0.802. The first-order valence-electron chi connectivity index (χ1n) is 8.64. The van der Waals surface area contributed by atoms with Gasteiger partial charge >= 0.3 is 5.97 Å². The summed E-state index contributed by atoms with van der Waals surface area (Å²) in [6, 6.07) is 3.37. The van der Waals surface area contributed by atoms with E-state index in [1.807, 2.05) is 6.92 Å². The summed E-state index contributed by atoms with van der Waals surface area (Å²) in [7, 11) is 1.52. The van der Waals surface area contributed by atoms with Crippen molar-refractivity contribution >= 4 is 29.6 Å². The molecule has 26 heavy (non-hydrogen) atoms. The molecule has 1 amide bonds. The van der Waals surface area contributed by atoms with Crippen LogP contribution in [-0.2, 0) is 14.3 Å². The number of rotatable bonds is 7. The Morgan fingerprint density at radius 2 is 2.00 bits per heavy atom. The minimum absolute atomic E-state index is 0.157. The molecule has 142 valence electrons. The van der Waals surface area contributed by atoms with Crippen LogP contribution in [0.15, 0.2) is 18.2 Å². The van der Waals surface area contributed by atoms with Crippen molar-refractivity contribution in [1.82, 2.24) is 4.90 Å². The molecule has 0 aliphatic carbocycles. The molecular weight excluding hydrogens is 358 g/mol. The molecule has 1 atom stereocenters. The number of hydrogen-bond acceptors (Lipinski definition) is 5. The zero-order chi connectivity index (χ0) is 19.1. The number of carbonyl (C=O) groups is 2. The summed E-state index contributed by atoms with van der Waals surface area (Å²) in [6.07, 6.45) is 4.00. The molecule has 0 unspecified atom stereocenters. The van der Waals surface area contributed by atoms with E-state index >= 15 is 0 Å². The molecule has 0 radical (unpaired) electrons. The van der Waals surface area contributed by atoms with E-state index in [9.17, 15) is 9.59 Å². The maximum Gasteiger partial charge on any atom is 0.331 e. The number of carbonyl (C=O) groups excluding carboxylic acids is 2. The van der Waals surface area contributed by atoms with Crippen molar-refractivity contribution < 1.29 is 23.8 Å². The van der Waals surface area contributed by atoms with Crippen molar-refractivity contribution in [3.05, 3.63) is 28.8 Å². The van der Waals surface area contributed by atoms with Gasteiger partial charge in [0, 0.05) is 19.2 Å². The van der Waals surface area contributed by atoms with Crippen molar-refractivity contribution in [2.45, 2.75) is 32.8 Å². The molecule has 0 N–H and O–H groups in total. The van der Waals surface area contributed by atoms with Crippen molar-refractivity contribution in [3.8, 4) is 11.5 Å². The summed E-state index contributed by atoms with van der Waals surface area (Å²) in [5.41, 5.74) is 0.658. The molecule has 1 aliphatic rings. The lowest BCUT2D eigenvalue weighted by Gasteiger charge is -2.19. The summed E-state index contributed by atoms with van der Waals surface area (Å²) in [5, 5.41) is 0.386. The first-order valence-corrected chi connectivity index (χ1v) is 9.01. The Morgan fingerprint density at radius 3 is 2.62 bits per heavy atom. The van der Waals surface area contributed by atoms with Gasteiger partial charge in [0.15, 0.2) is 17.6 Å². The second kappa shape index (κ2) is 9.48. The van der Waals surface area contributed by atoms with Crippen LogP contribution in [0.2, 0.25) is 5.02 Å². The molecule has 1 aliphatic heterocycles. The van der Waals surface area contributed by atoms with E-state index in [2.05, 4.69) is 0 Å². The predicted molar refractivity (Wildman–Crippen MR) is 99.6 cm³/mol. The zero-order valence-electron chi connectivity index (χ0n) is 15.3. The topological polar surface area (TPSA) is 65.1 Å². The van der Waals surface area contributed by atoms with E-state index in [0.29, 0.717) is 28.7 Å². The second-order valence-electron chi connectivity index (χ2n) is 5.91. The average Bonchev–Trinajstić information content (AvgIpc) is 3.15. The molecule has 1 heterocycles. The van der Waals surface area contributed by atoms with Crippen LogP contribution in [0.5, 0.6) is 11.5 Å². The van der Waals surface area contributed by atoms with Gasteiger partial charge in [-0.1, -0.05) is 11.6 Å². The predicted octanol–water partition coefficient (Wildman–Crippen LogP) is 3.31. The van der Waals surface area contributed by atoms with Gasteiger partial charge < -0.3 is 19.1 Å². The van der Waals surface area contributed by atoms with Gasteiger partial charge in [-0.05, 0) is 50.5 Å². The van der Waals surface area contributed by atoms with Crippen molar-refractivity contribution in [2.75, 3.05) is 26.8 Å². The van der Waals surface area contributed by atoms with Gasteiger partial charge in [0.1, 0.15) is 0 Å². The summed E-state index contributed by atoms with van der Waals surface area (Å²) in [6.45, 7) is 5.34. The first-order chi connectivity index (χ1) is 12.5. The summed E-state index contributed by atoms with van der Waals surface area (Å²) in [5.74, 6) is 0.190. The maximum absolute atomic E-state index is 12.2. The largest absolute Gasteiger partial charge is 0.493 e. The van der Waals surface area contributed by atoms with Gasteiger partial charge in [-0.25, -0.2) is 4.79 Å². The lowest BCUT2D eigenvalue weighted by molar-refractivity contribution is -0.154. The molecule has 0 aromatic heterocycles. The molecule has 1 saturated heterocycles. The fourth-order valence-electron chi connectivity index (χ4n) is 2.74. The first kappa shape index (κ1) is 20.1. The number of methoxy groups -OCH3 is 1. The Bertz CT molecular complexity index is 683. The van der Waals surface area contributed by atoms with Crippen molar-refractivity contribution in [1.29, 1.82) is 0 Å². The highest BCUT2D eigenvalue weighted by Crippen LogP contribution is 2.36. The van der Waals surface area contributed by atoms with E-state index < -0.39 is 12.1 Å². The molecule has 6 nitrogen and oxygen atoms in total. The Hall–Kier alpha value is -2.21. The summed E-state index contributed by atoms with van der Waals surface area (Å²) >= 11 is 6.20. The summed E-state index contributed by atoms with van der Waals surface area (Å²) < 4.78 is 15.9. The third-order valence-corrected chi connectivity index (χ3v) is 4.29. The highest BCUT2D eigenvalue weighted by Gasteiger charge is 2.25. The number of likely N-dealkylation sites (tertiary alicyclic amines) is 1. The van der Waals surface area contributed by atoms with Crippen LogP contribution in [0, 0.1) is 0 Å². The van der Waals surface area contributed by atoms with Crippen LogP contribution in [0.1, 0.15) is 32.3 Å². The van der Waals surface area contributed by atoms with E-state index in [-0.39, 0.29) is 5.91 Å². The van der Waals surface area contributed by atoms with Crippen LogP contribution < -0.4 is 9.47 Å². The van der Waals surface area contributed by atoms with Gasteiger partial charge in [0.2, 0.25) is 0 Å². The fraction of sp³-hybridized carbons (Fsp3) is 0.474. The van der Waals surface area contributed by atoms with Crippen LogP contribution in [0.25, 0.3) is 6.08 Å².